The van der Waals surface area contributed by atoms with E-state index in [0.29, 0.717) is 27.8 Å². The monoisotopic (exact) mass is 455 g/mol. The number of alkyl halides is 3. The van der Waals surface area contributed by atoms with Crippen molar-refractivity contribution in [3.8, 4) is 17.4 Å². The van der Waals surface area contributed by atoms with Crippen LogP contribution in [0.4, 0.5) is 18.9 Å². The molecule has 1 heterocycles. The summed E-state index contributed by atoms with van der Waals surface area (Å²) in [7, 11) is 0. The van der Waals surface area contributed by atoms with Gasteiger partial charge in [-0.15, -0.1) is 13.2 Å². The fourth-order valence-electron chi connectivity index (χ4n) is 3.13. The Balaban J connectivity index is 1.56. The molecule has 0 saturated carbocycles. The summed E-state index contributed by atoms with van der Waals surface area (Å²) < 4.78 is 46.9. The van der Waals surface area contributed by atoms with E-state index < -0.39 is 18.0 Å². The SMILES string of the molecule is O=C(Nc1cccc(OC(F)(F)F)c1)c1cccc2cc(Oc3cc(CO)ncn3)ccc12. The largest absolute Gasteiger partial charge is 0.573 e. The number of hydrogen-bond donors (Lipinski definition) is 2. The van der Waals surface area contributed by atoms with E-state index in [-0.39, 0.29) is 18.2 Å². The number of halogens is 3. The zero-order chi connectivity index (χ0) is 23.4. The van der Waals surface area contributed by atoms with Crippen LogP contribution in [0.2, 0.25) is 0 Å². The van der Waals surface area contributed by atoms with E-state index in [1.165, 1.54) is 24.5 Å². The summed E-state index contributed by atoms with van der Waals surface area (Å²) in [6, 6.07) is 16.7. The number of fused-ring (bicyclic) bond motifs is 1. The molecule has 0 bridgehead atoms. The number of benzene rings is 3. The Morgan fingerprint density at radius 2 is 1.79 bits per heavy atom. The third-order valence-electron chi connectivity index (χ3n) is 4.51. The van der Waals surface area contributed by atoms with Gasteiger partial charge in [-0.25, -0.2) is 9.97 Å². The second-order valence-electron chi connectivity index (χ2n) is 6.83. The van der Waals surface area contributed by atoms with E-state index in [1.54, 1.807) is 36.4 Å². The maximum Gasteiger partial charge on any atom is 0.573 e. The number of nitrogens with zero attached hydrogens (tertiary/aromatic N) is 2. The first-order valence-corrected chi connectivity index (χ1v) is 9.60. The third kappa shape index (κ3) is 5.55. The van der Waals surface area contributed by atoms with Crippen molar-refractivity contribution in [3.63, 3.8) is 0 Å². The van der Waals surface area contributed by atoms with Crippen molar-refractivity contribution < 1.29 is 32.5 Å². The molecule has 2 N–H and O–H groups in total. The van der Waals surface area contributed by atoms with Crippen molar-refractivity contribution in [2.45, 2.75) is 13.0 Å². The van der Waals surface area contributed by atoms with Gasteiger partial charge in [0.15, 0.2) is 0 Å². The number of hydrogen-bond acceptors (Lipinski definition) is 6. The topological polar surface area (TPSA) is 93.6 Å². The smallest absolute Gasteiger partial charge is 0.439 e. The summed E-state index contributed by atoms with van der Waals surface area (Å²) in [4.78, 5) is 20.7. The Morgan fingerprint density at radius 1 is 0.970 bits per heavy atom. The van der Waals surface area contributed by atoms with E-state index in [4.69, 9.17) is 4.74 Å². The lowest BCUT2D eigenvalue weighted by atomic mass is 10.0. The summed E-state index contributed by atoms with van der Waals surface area (Å²) in [5, 5.41) is 13.1. The van der Waals surface area contributed by atoms with Gasteiger partial charge in [0.25, 0.3) is 5.91 Å². The minimum Gasteiger partial charge on any atom is -0.439 e. The van der Waals surface area contributed by atoms with Gasteiger partial charge in [0.1, 0.15) is 17.8 Å². The molecular weight excluding hydrogens is 439 g/mol. The highest BCUT2D eigenvalue weighted by atomic mass is 19.4. The summed E-state index contributed by atoms with van der Waals surface area (Å²) in [6.07, 6.45) is -3.55. The standard InChI is InChI=1S/C23H16F3N3O4/c24-23(25,26)33-18-5-2-4-15(10-18)29-22(31)20-6-1-3-14-9-17(7-8-19(14)20)32-21-11-16(12-30)27-13-28-21/h1-11,13,30H,12H2,(H,29,31). The van der Waals surface area contributed by atoms with Crippen molar-refractivity contribution in [1.82, 2.24) is 9.97 Å². The molecule has 0 saturated heterocycles. The Labute approximate surface area is 185 Å². The first-order valence-electron chi connectivity index (χ1n) is 9.60. The number of aliphatic hydroxyl groups excluding tert-OH is 1. The van der Waals surface area contributed by atoms with Crippen LogP contribution in [-0.2, 0) is 6.61 Å². The molecule has 1 aromatic heterocycles. The van der Waals surface area contributed by atoms with Gasteiger partial charge in [0, 0.05) is 23.4 Å². The highest BCUT2D eigenvalue weighted by molar-refractivity contribution is 6.13. The molecule has 0 fully saturated rings. The third-order valence-corrected chi connectivity index (χ3v) is 4.51. The Hall–Kier alpha value is -4.18. The average Bonchev–Trinajstić information content (AvgIpc) is 2.77. The minimum absolute atomic E-state index is 0.155. The van der Waals surface area contributed by atoms with Crippen LogP contribution in [0.3, 0.4) is 0 Å². The summed E-state index contributed by atoms with van der Waals surface area (Å²) in [5.74, 6) is -0.223. The van der Waals surface area contributed by atoms with Crippen molar-refractivity contribution >= 4 is 22.4 Å². The molecule has 0 aliphatic carbocycles. The van der Waals surface area contributed by atoms with Gasteiger partial charge in [0.2, 0.25) is 5.88 Å². The van der Waals surface area contributed by atoms with Crippen LogP contribution in [0.15, 0.2) is 73.1 Å². The number of carbonyl (C=O) groups is 1. The Bertz CT molecular complexity index is 1310. The Morgan fingerprint density at radius 3 is 2.58 bits per heavy atom. The molecule has 0 atom stereocenters. The van der Waals surface area contributed by atoms with Crippen LogP contribution in [-0.4, -0.2) is 27.3 Å². The number of aliphatic hydroxyl groups is 1. The van der Waals surface area contributed by atoms with E-state index in [1.807, 2.05) is 0 Å². The number of rotatable bonds is 6. The van der Waals surface area contributed by atoms with E-state index in [2.05, 4.69) is 20.0 Å². The van der Waals surface area contributed by atoms with Crippen molar-refractivity contribution in [3.05, 3.63) is 84.3 Å². The lowest BCUT2D eigenvalue weighted by Crippen LogP contribution is -2.17. The quantitative estimate of drug-likeness (QED) is 0.422. The second-order valence-corrected chi connectivity index (χ2v) is 6.83. The molecule has 0 unspecified atom stereocenters. The van der Waals surface area contributed by atoms with Gasteiger partial charge >= 0.3 is 6.36 Å². The summed E-state index contributed by atoms with van der Waals surface area (Å²) >= 11 is 0. The van der Waals surface area contributed by atoms with E-state index in [0.717, 1.165) is 12.1 Å². The van der Waals surface area contributed by atoms with E-state index >= 15 is 0 Å². The van der Waals surface area contributed by atoms with Gasteiger partial charge in [0.05, 0.1) is 12.3 Å². The highest BCUT2D eigenvalue weighted by Gasteiger charge is 2.31. The normalized spacial score (nSPS) is 11.3. The molecule has 7 nitrogen and oxygen atoms in total. The predicted molar refractivity (Wildman–Crippen MR) is 113 cm³/mol. The Kier molecular flexibility index (Phi) is 6.09. The van der Waals surface area contributed by atoms with Gasteiger partial charge in [-0.2, -0.15) is 0 Å². The van der Waals surface area contributed by atoms with Crippen molar-refractivity contribution in [2.24, 2.45) is 0 Å². The van der Waals surface area contributed by atoms with Crippen molar-refractivity contribution in [1.29, 1.82) is 0 Å². The zero-order valence-corrected chi connectivity index (χ0v) is 16.8. The number of carbonyl (C=O) groups excluding carboxylic acids is 1. The molecule has 4 rings (SSSR count). The molecule has 0 radical (unpaired) electrons. The molecule has 33 heavy (non-hydrogen) atoms. The van der Waals surface area contributed by atoms with Gasteiger partial charge in [-0.3, -0.25) is 4.79 Å². The van der Waals surface area contributed by atoms with Gasteiger partial charge < -0.3 is 19.9 Å². The fourth-order valence-corrected chi connectivity index (χ4v) is 3.13. The number of ether oxygens (including phenoxy) is 2. The molecule has 4 aromatic rings. The van der Waals surface area contributed by atoms with Crippen LogP contribution in [0.5, 0.6) is 17.4 Å². The summed E-state index contributed by atoms with van der Waals surface area (Å²) in [5.41, 5.74) is 0.886. The van der Waals surface area contributed by atoms with Gasteiger partial charge in [-0.1, -0.05) is 18.2 Å². The van der Waals surface area contributed by atoms with Crippen LogP contribution < -0.4 is 14.8 Å². The molecule has 1 amide bonds. The first kappa shape index (κ1) is 22.0. The molecule has 3 aromatic carbocycles. The van der Waals surface area contributed by atoms with E-state index in [9.17, 15) is 23.1 Å². The van der Waals surface area contributed by atoms with Gasteiger partial charge in [-0.05, 0) is 47.2 Å². The number of anilines is 1. The fraction of sp³-hybridized carbons (Fsp3) is 0.0870. The molecule has 0 aliphatic heterocycles. The molecular formula is C23H16F3N3O4. The highest BCUT2D eigenvalue weighted by Crippen LogP contribution is 2.28. The summed E-state index contributed by atoms with van der Waals surface area (Å²) in [6.45, 7) is -0.250. The average molecular weight is 455 g/mol. The first-order chi connectivity index (χ1) is 15.8. The number of aromatic nitrogens is 2. The number of nitrogens with one attached hydrogen (secondary N) is 1. The molecule has 0 aliphatic rings. The molecule has 0 spiro atoms. The van der Waals surface area contributed by atoms with Crippen molar-refractivity contribution in [2.75, 3.05) is 5.32 Å². The second kappa shape index (κ2) is 9.13. The maximum atomic E-state index is 12.8. The predicted octanol–water partition coefficient (Wildman–Crippen LogP) is 5.07. The minimum atomic E-state index is -4.83. The van der Waals surface area contributed by atoms with Crippen LogP contribution >= 0.6 is 0 Å². The van der Waals surface area contributed by atoms with Crippen LogP contribution in [0, 0.1) is 0 Å². The lowest BCUT2D eigenvalue weighted by molar-refractivity contribution is -0.274. The van der Waals surface area contributed by atoms with Crippen LogP contribution in [0.1, 0.15) is 16.1 Å². The van der Waals surface area contributed by atoms with Crippen LogP contribution in [0.25, 0.3) is 10.8 Å². The number of amides is 1. The molecule has 168 valence electrons. The lowest BCUT2D eigenvalue weighted by Gasteiger charge is -2.12. The zero-order valence-electron chi connectivity index (χ0n) is 16.8. The maximum absolute atomic E-state index is 12.8. The molecule has 10 heteroatoms.